The third-order valence-corrected chi connectivity index (χ3v) is 4.24. The van der Waals surface area contributed by atoms with Gasteiger partial charge in [0.2, 0.25) is 0 Å². The van der Waals surface area contributed by atoms with Crippen LogP contribution in [-0.4, -0.2) is 24.6 Å². The third kappa shape index (κ3) is 2.77. The summed E-state index contributed by atoms with van der Waals surface area (Å²) < 4.78 is 5.11. The van der Waals surface area contributed by atoms with E-state index in [-0.39, 0.29) is 5.91 Å². The van der Waals surface area contributed by atoms with Gasteiger partial charge in [0.15, 0.2) is 0 Å². The Morgan fingerprint density at radius 3 is 3.15 bits per heavy atom. The van der Waals surface area contributed by atoms with Gasteiger partial charge in [0.25, 0.3) is 5.91 Å². The van der Waals surface area contributed by atoms with E-state index in [1.54, 1.807) is 23.5 Å². The molecule has 0 saturated heterocycles. The maximum absolute atomic E-state index is 12.0. The summed E-state index contributed by atoms with van der Waals surface area (Å²) in [5.41, 5.74) is 2.18. The van der Waals surface area contributed by atoms with Gasteiger partial charge in [0.05, 0.1) is 6.61 Å². The lowest BCUT2D eigenvalue weighted by Crippen LogP contribution is -2.31. The van der Waals surface area contributed by atoms with Gasteiger partial charge in [-0.2, -0.15) is 0 Å². The Morgan fingerprint density at radius 1 is 1.45 bits per heavy atom. The average Bonchev–Trinajstić information content (AvgIpc) is 3.09. The highest BCUT2D eigenvalue weighted by molar-refractivity contribution is 7.09. The fourth-order valence-electron chi connectivity index (χ4n) is 2.21. The van der Waals surface area contributed by atoms with Crippen molar-refractivity contribution < 1.29 is 14.5 Å². The van der Waals surface area contributed by atoms with Crippen LogP contribution < -0.4 is 10.8 Å². The highest BCUT2D eigenvalue weighted by Gasteiger charge is 2.27. The number of carbonyl (C=O) groups is 1. The van der Waals surface area contributed by atoms with Gasteiger partial charge in [0, 0.05) is 17.0 Å². The monoisotopic (exact) mass is 287 g/mol. The fraction of sp³-hybridized carbons (Fsp3) is 0.214. The summed E-state index contributed by atoms with van der Waals surface area (Å²) in [7, 11) is -0.913. The lowest BCUT2D eigenvalue weighted by atomic mass is 9.79. The minimum Gasteiger partial charge on any atom is -0.423 e. The largest absolute Gasteiger partial charge is 0.491 e. The second-order valence-electron chi connectivity index (χ2n) is 4.66. The number of nitrogens with one attached hydrogen (secondary N) is 1. The molecule has 0 unspecified atom stereocenters. The molecular weight excluding hydrogens is 273 g/mol. The molecule has 1 aliphatic rings. The standard InChI is InChI=1S/C14H14BNO3S/c17-14(16-6-5-12-2-1-7-20-12)10-3-4-11-9-19-15(18)13(11)8-10/h1-4,7-8,18H,5-6,9H2,(H,16,17). The Bertz CT molecular complexity index is 615. The Hall–Kier alpha value is -1.63. The molecular formula is C14H14BNO3S. The zero-order valence-corrected chi connectivity index (χ0v) is 11.7. The average molecular weight is 287 g/mol. The summed E-state index contributed by atoms with van der Waals surface area (Å²) in [4.78, 5) is 13.3. The molecule has 0 aliphatic carbocycles. The molecule has 0 fully saturated rings. The topological polar surface area (TPSA) is 58.6 Å². The second kappa shape index (κ2) is 5.79. The first kappa shape index (κ1) is 13.4. The van der Waals surface area contributed by atoms with Crippen molar-refractivity contribution in [3.8, 4) is 0 Å². The maximum Gasteiger partial charge on any atom is 0.491 e. The van der Waals surface area contributed by atoms with Crippen molar-refractivity contribution in [3.63, 3.8) is 0 Å². The highest BCUT2D eigenvalue weighted by Crippen LogP contribution is 2.12. The molecule has 0 bridgehead atoms. The van der Waals surface area contributed by atoms with Gasteiger partial charge in [-0.05, 0) is 41.0 Å². The van der Waals surface area contributed by atoms with Gasteiger partial charge < -0.3 is 15.0 Å². The molecule has 1 aromatic carbocycles. The molecule has 1 aromatic heterocycles. The number of amides is 1. The Kier molecular flexibility index (Phi) is 3.87. The van der Waals surface area contributed by atoms with E-state index < -0.39 is 7.12 Å². The fourth-order valence-corrected chi connectivity index (χ4v) is 2.92. The molecule has 4 nitrogen and oxygen atoms in total. The van der Waals surface area contributed by atoms with Crippen LogP contribution in [0.2, 0.25) is 0 Å². The first-order valence-electron chi connectivity index (χ1n) is 6.47. The minimum absolute atomic E-state index is 0.122. The van der Waals surface area contributed by atoms with Crippen LogP contribution in [0.25, 0.3) is 0 Å². The van der Waals surface area contributed by atoms with Crippen molar-refractivity contribution >= 4 is 29.8 Å². The van der Waals surface area contributed by atoms with E-state index >= 15 is 0 Å². The van der Waals surface area contributed by atoms with E-state index in [1.807, 2.05) is 17.5 Å². The molecule has 3 rings (SSSR count). The van der Waals surface area contributed by atoms with E-state index in [0.717, 1.165) is 12.0 Å². The predicted octanol–water partition coefficient (Wildman–Crippen LogP) is 0.938. The van der Waals surface area contributed by atoms with E-state index in [2.05, 4.69) is 11.4 Å². The van der Waals surface area contributed by atoms with Crippen LogP contribution in [-0.2, 0) is 17.7 Å². The number of carbonyl (C=O) groups excluding carboxylic acids is 1. The van der Waals surface area contributed by atoms with Crippen molar-refractivity contribution in [3.05, 3.63) is 51.7 Å². The molecule has 1 aliphatic heterocycles. The van der Waals surface area contributed by atoms with Gasteiger partial charge in [-0.1, -0.05) is 12.1 Å². The van der Waals surface area contributed by atoms with Crippen LogP contribution >= 0.6 is 11.3 Å². The zero-order valence-electron chi connectivity index (χ0n) is 10.8. The van der Waals surface area contributed by atoms with Crippen LogP contribution in [0.4, 0.5) is 0 Å². The maximum atomic E-state index is 12.0. The summed E-state index contributed by atoms with van der Waals surface area (Å²) in [6.07, 6.45) is 0.833. The zero-order chi connectivity index (χ0) is 13.9. The molecule has 0 saturated carbocycles. The molecule has 6 heteroatoms. The molecule has 2 heterocycles. The van der Waals surface area contributed by atoms with Crippen molar-refractivity contribution in [1.82, 2.24) is 5.32 Å². The number of hydrogen-bond donors (Lipinski definition) is 2. The molecule has 2 aromatic rings. The Balaban J connectivity index is 1.61. The predicted molar refractivity (Wildman–Crippen MR) is 79.2 cm³/mol. The number of fused-ring (bicyclic) bond motifs is 1. The van der Waals surface area contributed by atoms with Crippen LogP contribution in [0, 0.1) is 0 Å². The molecule has 102 valence electrons. The van der Waals surface area contributed by atoms with Gasteiger partial charge in [-0.15, -0.1) is 11.3 Å². The smallest absolute Gasteiger partial charge is 0.423 e. The second-order valence-corrected chi connectivity index (χ2v) is 5.69. The lowest BCUT2D eigenvalue weighted by Gasteiger charge is -2.06. The molecule has 2 N–H and O–H groups in total. The molecule has 0 radical (unpaired) electrons. The van der Waals surface area contributed by atoms with Crippen molar-refractivity contribution in [2.75, 3.05) is 6.54 Å². The number of rotatable bonds is 4. The number of benzene rings is 1. The van der Waals surface area contributed by atoms with E-state index in [0.29, 0.717) is 24.2 Å². The van der Waals surface area contributed by atoms with Crippen LogP contribution in [0.1, 0.15) is 20.8 Å². The summed E-state index contributed by atoms with van der Waals surface area (Å²) in [6.45, 7) is 1.01. The van der Waals surface area contributed by atoms with Gasteiger partial charge in [-0.3, -0.25) is 4.79 Å². The molecule has 1 amide bonds. The third-order valence-electron chi connectivity index (χ3n) is 3.31. The Morgan fingerprint density at radius 2 is 2.35 bits per heavy atom. The van der Waals surface area contributed by atoms with E-state index in [4.69, 9.17) is 4.65 Å². The molecule has 0 spiro atoms. The number of thiophene rings is 1. The molecule has 20 heavy (non-hydrogen) atoms. The van der Waals surface area contributed by atoms with Crippen LogP contribution in [0.3, 0.4) is 0 Å². The number of hydrogen-bond acceptors (Lipinski definition) is 4. The Labute approximate surface area is 121 Å². The van der Waals surface area contributed by atoms with Crippen molar-refractivity contribution in [1.29, 1.82) is 0 Å². The summed E-state index contributed by atoms with van der Waals surface area (Å²) in [6, 6.07) is 9.36. The quantitative estimate of drug-likeness (QED) is 0.823. The van der Waals surface area contributed by atoms with E-state index in [9.17, 15) is 9.82 Å². The van der Waals surface area contributed by atoms with Gasteiger partial charge >= 0.3 is 7.12 Å². The lowest BCUT2D eigenvalue weighted by molar-refractivity contribution is 0.0954. The first-order chi connectivity index (χ1) is 9.74. The summed E-state index contributed by atoms with van der Waals surface area (Å²) in [5, 5.41) is 14.6. The summed E-state index contributed by atoms with van der Waals surface area (Å²) in [5.74, 6) is -0.122. The van der Waals surface area contributed by atoms with Crippen LogP contribution in [0.15, 0.2) is 35.7 Å². The first-order valence-corrected chi connectivity index (χ1v) is 7.35. The molecule has 0 atom stereocenters. The normalized spacial score (nSPS) is 13.3. The highest BCUT2D eigenvalue weighted by atomic mass is 32.1. The minimum atomic E-state index is -0.913. The van der Waals surface area contributed by atoms with Crippen molar-refractivity contribution in [2.45, 2.75) is 13.0 Å². The van der Waals surface area contributed by atoms with E-state index in [1.165, 1.54) is 4.88 Å². The SMILES string of the molecule is O=C(NCCc1cccs1)c1ccc2c(c1)B(O)OC2. The summed E-state index contributed by atoms with van der Waals surface area (Å²) >= 11 is 1.69. The van der Waals surface area contributed by atoms with Gasteiger partial charge in [-0.25, -0.2) is 0 Å². The van der Waals surface area contributed by atoms with Crippen molar-refractivity contribution in [2.24, 2.45) is 0 Å². The van der Waals surface area contributed by atoms with Crippen LogP contribution in [0.5, 0.6) is 0 Å². The van der Waals surface area contributed by atoms with Gasteiger partial charge in [0.1, 0.15) is 0 Å².